The summed E-state index contributed by atoms with van der Waals surface area (Å²) in [4.78, 5) is 0.217. The van der Waals surface area contributed by atoms with Crippen LogP contribution in [-0.2, 0) is 14.8 Å². The normalized spacial score (nSPS) is 21.1. The van der Waals surface area contributed by atoms with Crippen molar-refractivity contribution in [1.29, 1.82) is 0 Å². The van der Waals surface area contributed by atoms with Crippen LogP contribution >= 0.6 is 0 Å². The van der Waals surface area contributed by atoms with Gasteiger partial charge in [0.25, 0.3) is 0 Å². The van der Waals surface area contributed by atoms with Gasteiger partial charge in [-0.1, -0.05) is 11.6 Å². The van der Waals surface area contributed by atoms with Crippen molar-refractivity contribution < 1.29 is 17.6 Å². The molecule has 4 heterocycles. The van der Waals surface area contributed by atoms with Crippen molar-refractivity contribution in [3.63, 3.8) is 0 Å². The van der Waals surface area contributed by atoms with Crippen LogP contribution in [0.15, 0.2) is 39.3 Å². The van der Waals surface area contributed by atoms with Crippen molar-refractivity contribution in [3.8, 4) is 11.5 Å². The zero-order valence-corrected chi connectivity index (χ0v) is 15.8. The summed E-state index contributed by atoms with van der Waals surface area (Å²) in [6.07, 6.45) is 6.08. The molecule has 1 spiro atoms. The fourth-order valence-electron chi connectivity index (χ4n) is 3.76. The second kappa shape index (κ2) is 6.37. The van der Waals surface area contributed by atoms with Crippen LogP contribution in [-0.4, -0.2) is 48.2 Å². The van der Waals surface area contributed by atoms with Crippen molar-refractivity contribution in [2.24, 2.45) is 0 Å². The van der Waals surface area contributed by atoms with E-state index in [-0.39, 0.29) is 10.5 Å². The van der Waals surface area contributed by atoms with Gasteiger partial charge in [0.05, 0.1) is 12.2 Å². The van der Waals surface area contributed by atoms with Crippen molar-refractivity contribution in [3.05, 3.63) is 35.7 Å². The minimum Gasteiger partial charge on any atom is -0.458 e. The lowest BCUT2D eigenvalue weighted by Gasteiger charge is -2.41. The molecule has 0 amide bonds. The largest absolute Gasteiger partial charge is 0.458 e. The Hall–Kier alpha value is -1.90. The minimum absolute atomic E-state index is 0.217. The van der Waals surface area contributed by atoms with Gasteiger partial charge in [0.15, 0.2) is 5.76 Å². The SMILES string of the molecule is CC1=CC2(CCN(S(=O)(=O)c3cc(-c4ccn[nH]4)oc3C)CC2)OCC1. The van der Waals surface area contributed by atoms with Crippen LogP contribution in [0.2, 0.25) is 0 Å². The Labute approximate surface area is 153 Å². The van der Waals surface area contributed by atoms with Crippen LogP contribution in [0, 0.1) is 6.92 Å². The molecule has 26 heavy (non-hydrogen) atoms. The Bertz CT molecular complexity index is 920. The van der Waals surface area contributed by atoms with E-state index in [9.17, 15) is 8.42 Å². The molecule has 0 aromatic carbocycles. The first-order chi connectivity index (χ1) is 12.4. The first kappa shape index (κ1) is 17.5. The molecule has 2 aromatic rings. The van der Waals surface area contributed by atoms with Gasteiger partial charge >= 0.3 is 0 Å². The summed E-state index contributed by atoms with van der Waals surface area (Å²) in [5.41, 5.74) is 1.67. The van der Waals surface area contributed by atoms with Gasteiger partial charge in [-0.3, -0.25) is 5.10 Å². The third kappa shape index (κ3) is 3.02. The molecule has 0 aliphatic carbocycles. The van der Waals surface area contributed by atoms with Crippen LogP contribution in [0.5, 0.6) is 0 Å². The van der Waals surface area contributed by atoms with Crippen LogP contribution in [0.3, 0.4) is 0 Å². The van der Waals surface area contributed by atoms with E-state index in [1.54, 1.807) is 25.3 Å². The van der Waals surface area contributed by atoms with E-state index in [1.807, 2.05) is 0 Å². The summed E-state index contributed by atoms with van der Waals surface area (Å²) in [5, 5.41) is 6.67. The molecule has 140 valence electrons. The predicted octanol–water partition coefficient (Wildman–Crippen LogP) is 2.87. The van der Waals surface area contributed by atoms with Gasteiger partial charge in [0.2, 0.25) is 10.0 Å². The minimum atomic E-state index is -3.60. The third-order valence-corrected chi connectivity index (χ3v) is 7.23. The molecule has 0 atom stereocenters. The molecule has 0 unspecified atom stereocenters. The van der Waals surface area contributed by atoms with Gasteiger partial charge in [0.1, 0.15) is 16.3 Å². The number of sulfonamides is 1. The number of aromatic nitrogens is 2. The van der Waals surface area contributed by atoms with Crippen molar-refractivity contribution >= 4 is 10.0 Å². The quantitative estimate of drug-likeness (QED) is 0.831. The molecule has 2 aliphatic rings. The molecular weight excluding hydrogens is 354 g/mol. The van der Waals surface area contributed by atoms with E-state index in [0.29, 0.717) is 49.8 Å². The number of nitrogens with zero attached hydrogens (tertiary/aromatic N) is 2. The van der Waals surface area contributed by atoms with E-state index >= 15 is 0 Å². The van der Waals surface area contributed by atoms with E-state index in [1.165, 1.54) is 9.88 Å². The van der Waals surface area contributed by atoms with Gasteiger partial charge in [-0.15, -0.1) is 0 Å². The first-order valence-corrected chi connectivity index (χ1v) is 10.3. The molecule has 1 fully saturated rings. The molecule has 0 bridgehead atoms. The van der Waals surface area contributed by atoms with Gasteiger partial charge in [-0.2, -0.15) is 9.40 Å². The third-order valence-electron chi connectivity index (χ3n) is 5.22. The topological polar surface area (TPSA) is 88.4 Å². The van der Waals surface area contributed by atoms with Gasteiger partial charge in [-0.05, 0) is 39.2 Å². The molecular formula is C18H23N3O4S. The Morgan fingerprint density at radius 3 is 2.69 bits per heavy atom. The molecule has 0 radical (unpaired) electrons. The average molecular weight is 377 g/mol. The lowest BCUT2D eigenvalue weighted by Crippen LogP contribution is -2.48. The number of nitrogens with one attached hydrogen (secondary N) is 1. The highest BCUT2D eigenvalue weighted by Gasteiger charge is 2.40. The van der Waals surface area contributed by atoms with E-state index < -0.39 is 10.0 Å². The summed E-state index contributed by atoms with van der Waals surface area (Å²) < 4.78 is 39.4. The molecule has 0 saturated carbocycles. The van der Waals surface area contributed by atoms with Crippen LogP contribution in [0.1, 0.15) is 31.9 Å². The maximum Gasteiger partial charge on any atom is 0.246 e. The predicted molar refractivity (Wildman–Crippen MR) is 96.1 cm³/mol. The highest BCUT2D eigenvalue weighted by molar-refractivity contribution is 7.89. The molecule has 1 N–H and O–H groups in total. The summed E-state index contributed by atoms with van der Waals surface area (Å²) in [6, 6.07) is 3.32. The Kier molecular flexibility index (Phi) is 4.29. The van der Waals surface area contributed by atoms with Crippen LogP contribution in [0.4, 0.5) is 0 Å². The van der Waals surface area contributed by atoms with Crippen LogP contribution < -0.4 is 0 Å². The number of aryl methyl sites for hydroxylation is 1. The summed E-state index contributed by atoms with van der Waals surface area (Å²) in [6.45, 7) is 5.38. The number of furan rings is 1. The van der Waals surface area contributed by atoms with E-state index in [0.717, 1.165) is 6.42 Å². The lowest BCUT2D eigenvalue weighted by molar-refractivity contribution is -0.0462. The summed E-state index contributed by atoms with van der Waals surface area (Å²) >= 11 is 0. The van der Waals surface area contributed by atoms with Crippen molar-refractivity contribution in [2.45, 2.75) is 43.6 Å². The fraction of sp³-hybridized carbons (Fsp3) is 0.500. The molecule has 2 aromatic heterocycles. The number of H-pyrrole nitrogens is 1. The zero-order valence-electron chi connectivity index (χ0n) is 15.0. The number of hydrogen-bond donors (Lipinski definition) is 1. The average Bonchev–Trinajstić information content (AvgIpc) is 3.24. The molecule has 1 saturated heterocycles. The summed E-state index contributed by atoms with van der Waals surface area (Å²) in [5.74, 6) is 0.862. The molecule has 4 rings (SSSR count). The van der Waals surface area contributed by atoms with E-state index in [2.05, 4.69) is 23.2 Å². The maximum atomic E-state index is 13.1. The lowest BCUT2D eigenvalue weighted by atomic mass is 9.88. The highest BCUT2D eigenvalue weighted by Crippen LogP contribution is 2.36. The Morgan fingerprint density at radius 2 is 2.04 bits per heavy atom. The van der Waals surface area contributed by atoms with Crippen molar-refractivity contribution in [1.82, 2.24) is 14.5 Å². The molecule has 7 nitrogen and oxygen atoms in total. The van der Waals surface area contributed by atoms with E-state index in [4.69, 9.17) is 9.15 Å². The number of aromatic amines is 1. The molecule has 2 aliphatic heterocycles. The highest BCUT2D eigenvalue weighted by atomic mass is 32.2. The molecule has 8 heteroatoms. The standard InChI is InChI=1S/C18H23N3O4S/c1-13-4-10-24-18(12-13)5-8-21(9-6-18)26(22,23)17-11-16(25-14(17)2)15-3-7-19-20-15/h3,7,11-12H,4-6,8-10H2,1-2H3,(H,19,20). The first-order valence-electron chi connectivity index (χ1n) is 8.82. The number of piperidine rings is 1. The van der Waals surface area contributed by atoms with Gasteiger partial charge in [-0.25, -0.2) is 8.42 Å². The number of ether oxygens (including phenoxy) is 1. The Morgan fingerprint density at radius 1 is 1.27 bits per heavy atom. The smallest absolute Gasteiger partial charge is 0.246 e. The number of hydrogen-bond acceptors (Lipinski definition) is 5. The summed E-state index contributed by atoms with van der Waals surface area (Å²) in [7, 11) is -3.60. The van der Waals surface area contributed by atoms with Crippen molar-refractivity contribution in [2.75, 3.05) is 19.7 Å². The monoisotopic (exact) mass is 377 g/mol. The van der Waals surface area contributed by atoms with Crippen LogP contribution in [0.25, 0.3) is 11.5 Å². The zero-order chi connectivity index (χ0) is 18.4. The second-order valence-electron chi connectivity index (χ2n) is 7.06. The number of rotatable bonds is 3. The Balaban J connectivity index is 1.56. The maximum absolute atomic E-state index is 13.1. The second-order valence-corrected chi connectivity index (χ2v) is 8.97. The van der Waals surface area contributed by atoms with Gasteiger partial charge in [0, 0.05) is 25.4 Å². The van der Waals surface area contributed by atoms with Gasteiger partial charge < -0.3 is 9.15 Å². The fourth-order valence-corrected chi connectivity index (χ4v) is 5.36.